The Labute approximate surface area is 205 Å². The van der Waals surface area contributed by atoms with Gasteiger partial charge in [0.1, 0.15) is 5.65 Å². The highest BCUT2D eigenvalue weighted by molar-refractivity contribution is 5.90. The Balaban J connectivity index is 1.30. The Kier molecular flexibility index (Phi) is 5.58. The lowest BCUT2D eigenvalue weighted by Gasteiger charge is -2.24. The summed E-state index contributed by atoms with van der Waals surface area (Å²) in [4.78, 5) is 17.7. The molecule has 2 aliphatic heterocycles. The molecule has 8 nitrogen and oxygen atoms in total. The van der Waals surface area contributed by atoms with Crippen molar-refractivity contribution >= 4 is 40.4 Å². The second kappa shape index (κ2) is 9.03. The van der Waals surface area contributed by atoms with E-state index in [1.807, 2.05) is 29.6 Å². The van der Waals surface area contributed by atoms with E-state index in [4.69, 9.17) is 15.1 Å². The first-order chi connectivity index (χ1) is 17.2. The predicted octanol–water partition coefficient (Wildman–Crippen LogP) is 4.78. The minimum Gasteiger partial charge on any atom is -0.370 e. The van der Waals surface area contributed by atoms with Crippen LogP contribution in [-0.2, 0) is 0 Å². The summed E-state index contributed by atoms with van der Waals surface area (Å²) < 4.78 is 0. The fraction of sp³-hybridized carbons (Fsp3) is 0.296. The van der Waals surface area contributed by atoms with E-state index < -0.39 is 0 Å². The molecule has 1 saturated heterocycles. The molecule has 0 saturated carbocycles. The highest BCUT2D eigenvalue weighted by Gasteiger charge is 2.28. The van der Waals surface area contributed by atoms with Crippen molar-refractivity contribution in [3.63, 3.8) is 0 Å². The number of aromatic nitrogens is 3. The van der Waals surface area contributed by atoms with Crippen LogP contribution in [-0.4, -0.2) is 59.3 Å². The van der Waals surface area contributed by atoms with Crippen molar-refractivity contribution in [2.75, 3.05) is 42.4 Å². The average molecular weight is 467 g/mol. The SMILES string of the molecule is CN(C)[C@H]1CCN(c2cccc(Nc3nc(N4N=CCC4c4ccccc4)c4cc[nH]c4n3)c2)C1. The minimum atomic E-state index is 0.111. The molecule has 2 aliphatic rings. The van der Waals surface area contributed by atoms with E-state index in [1.165, 1.54) is 17.7 Å². The summed E-state index contributed by atoms with van der Waals surface area (Å²) in [5.41, 5.74) is 4.19. The molecule has 2 aromatic carbocycles. The van der Waals surface area contributed by atoms with Gasteiger partial charge in [-0.3, -0.25) is 0 Å². The summed E-state index contributed by atoms with van der Waals surface area (Å²) in [7, 11) is 4.31. The summed E-state index contributed by atoms with van der Waals surface area (Å²) in [6, 6.07) is 21.7. The molecule has 2 N–H and O–H groups in total. The first-order valence-electron chi connectivity index (χ1n) is 12.2. The van der Waals surface area contributed by atoms with Gasteiger partial charge in [-0.25, -0.2) is 5.01 Å². The largest absolute Gasteiger partial charge is 0.370 e. The molecule has 1 unspecified atom stereocenters. The lowest BCUT2D eigenvalue weighted by molar-refractivity contribution is 0.315. The van der Waals surface area contributed by atoms with Crippen LogP contribution in [0.2, 0.25) is 0 Å². The van der Waals surface area contributed by atoms with Crippen LogP contribution in [0.3, 0.4) is 0 Å². The lowest BCUT2D eigenvalue weighted by atomic mass is 10.0. The van der Waals surface area contributed by atoms with Crippen molar-refractivity contribution in [2.45, 2.75) is 24.9 Å². The van der Waals surface area contributed by atoms with Gasteiger partial charge in [-0.15, -0.1) is 0 Å². The van der Waals surface area contributed by atoms with E-state index in [0.29, 0.717) is 12.0 Å². The topological polar surface area (TPSA) is 75.7 Å². The summed E-state index contributed by atoms with van der Waals surface area (Å²) in [5.74, 6) is 1.35. The van der Waals surface area contributed by atoms with Crippen LogP contribution in [0.15, 0.2) is 72.0 Å². The van der Waals surface area contributed by atoms with E-state index in [1.54, 1.807) is 0 Å². The van der Waals surface area contributed by atoms with E-state index >= 15 is 0 Å². The average Bonchev–Trinajstić information content (AvgIpc) is 3.65. The molecule has 0 amide bonds. The number of nitrogens with zero attached hydrogens (tertiary/aromatic N) is 6. The number of benzene rings is 2. The second-order valence-corrected chi connectivity index (χ2v) is 9.44. The van der Waals surface area contributed by atoms with Gasteiger partial charge < -0.3 is 20.1 Å². The number of anilines is 4. The third-order valence-electron chi connectivity index (χ3n) is 6.99. The monoisotopic (exact) mass is 466 g/mol. The maximum atomic E-state index is 4.94. The number of H-pyrrole nitrogens is 1. The molecule has 8 heteroatoms. The quantitative estimate of drug-likeness (QED) is 0.426. The fourth-order valence-corrected chi connectivity index (χ4v) is 5.03. The van der Waals surface area contributed by atoms with Crippen molar-refractivity contribution < 1.29 is 0 Å². The van der Waals surface area contributed by atoms with Crippen LogP contribution in [0.5, 0.6) is 0 Å². The molecular formula is C27H30N8. The smallest absolute Gasteiger partial charge is 0.231 e. The number of nitrogens with one attached hydrogen (secondary N) is 2. The van der Waals surface area contributed by atoms with Gasteiger partial charge in [0.2, 0.25) is 5.95 Å². The van der Waals surface area contributed by atoms with Crippen LogP contribution < -0.4 is 15.2 Å². The van der Waals surface area contributed by atoms with Gasteiger partial charge in [0.25, 0.3) is 0 Å². The molecule has 0 bridgehead atoms. The van der Waals surface area contributed by atoms with Gasteiger partial charge in [0.15, 0.2) is 5.82 Å². The number of hydrogen-bond donors (Lipinski definition) is 2. The third kappa shape index (κ3) is 4.21. The van der Waals surface area contributed by atoms with Gasteiger partial charge in [-0.05, 0) is 50.3 Å². The number of rotatable bonds is 6. The van der Waals surface area contributed by atoms with E-state index in [-0.39, 0.29) is 6.04 Å². The van der Waals surface area contributed by atoms with Gasteiger partial charge in [0.05, 0.1) is 11.4 Å². The molecule has 35 heavy (non-hydrogen) atoms. The van der Waals surface area contributed by atoms with Gasteiger partial charge >= 0.3 is 0 Å². The molecule has 6 rings (SSSR count). The lowest BCUT2D eigenvalue weighted by Crippen LogP contribution is -2.31. The Bertz CT molecular complexity index is 1350. The normalized spacial score (nSPS) is 19.9. The van der Waals surface area contributed by atoms with Crippen molar-refractivity contribution in [2.24, 2.45) is 5.10 Å². The third-order valence-corrected chi connectivity index (χ3v) is 6.99. The fourth-order valence-electron chi connectivity index (χ4n) is 5.03. The summed E-state index contributed by atoms with van der Waals surface area (Å²) in [6.07, 6.45) is 5.89. The Morgan fingerprint density at radius 2 is 1.91 bits per heavy atom. The van der Waals surface area contributed by atoms with Gasteiger partial charge in [-0.1, -0.05) is 36.4 Å². The number of hydrazone groups is 1. The molecule has 4 heterocycles. The van der Waals surface area contributed by atoms with Crippen molar-refractivity contribution in [3.8, 4) is 0 Å². The summed E-state index contributed by atoms with van der Waals surface area (Å²) in [5, 5.41) is 11.1. The Hall–Kier alpha value is -3.91. The number of fused-ring (bicyclic) bond motifs is 1. The zero-order valence-electron chi connectivity index (χ0n) is 20.1. The highest BCUT2D eigenvalue weighted by atomic mass is 15.5. The first kappa shape index (κ1) is 21.6. The van der Waals surface area contributed by atoms with Crippen LogP contribution in [0, 0.1) is 0 Å². The summed E-state index contributed by atoms with van der Waals surface area (Å²) in [6.45, 7) is 2.11. The van der Waals surface area contributed by atoms with Crippen molar-refractivity contribution in [1.29, 1.82) is 0 Å². The maximum absolute atomic E-state index is 4.94. The van der Waals surface area contributed by atoms with Crippen molar-refractivity contribution in [1.82, 2.24) is 19.9 Å². The van der Waals surface area contributed by atoms with E-state index in [0.717, 1.165) is 42.0 Å². The molecule has 2 atom stereocenters. The Morgan fingerprint density at radius 1 is 1.03 bits per heavy atom. The zero-order valence-corrected chi connectivity index (χ0v) is 20.1. The van der Waals surface area contributed by atoms with Crippen LogP contribution in [0.1, 0.15) is 24.4 Å². The van der Waals surface area contributed by atoms with Crippen molar-refractivity contribution in [3.05, 3.63) is 72.4 Å². The standard InChI is InChI=1S/C27H30N8/c1-33(2)22-13-16-34(18-22)21-10-6-9-20(17-21)30-27-31-25-23(11-14-28-25)26(32-27)35-24(12-15-29-35)19-7-4-3-5-8-19/h3-11,14-15,17,22,24H,12-13,16,18H2,1-2H3,(H2,28,30,31,32)/t22-,24?/m0/s1. The van der Waals surface area contributed by atoms with Gasteiger partial charge in [0, 0.05) is 49.3 Å². The van der Waals surface area contributed by atoms with E-state index in [2.05, 4.69) is 82.7 Å². The first-order valence-corrected chi connectivity index (χ1v) is 12.2. The zero-order chi connectivity index (χ0) is 23.8. The highest BCUT2D eigenvalue weighted by Crippen LogP contribution is 2.36. The molecule has 0 aliphatic carbocycles. The second-order valence-electron chi connectivity index (χ2n) is 9.44. The van der Waals surface area contributed by atoms with Crippen LogP contribution >= 0.6 is 0 Å². The molecular weight excluding hydrogens is 436 g/mol. The number of hydrogen-bond acceptors (Lipinski definition) is 7. The van der Waals surface area contributed by atoms with Gasteiger partial charge in [-0.2, -0.15) is 15.1 Å². The molecule has 0 radical (unpaired) electrons. The maximum Gasteiger partial charge on any atom is 0.231 e. The predicted molar refractivity (Wildman–Crippen MR) is 143 cm³/mol. The van der Waals surface area contributed by atoms with Crippen LogP contribution in [0.4, 0.5) is 23.1 Å². The number of aromatic amines is 1. The minimum absolute atomic E-state index is 0.111. The molecule has 178 valence electrons. The molecule has 1 fully saturated rings. The molecule has 4 aromatic rings. The van der Waals surface area contributed by atoms with Crippen LogP contribution in [0.25, 0.3) is 11.0 Å². The summed E-state index contributed by atoms with van der Waals surface area (Å²) >= 11 is 0. The number of likely N-dealkylation sites (N-methyl/N-ethyl adjacent to an activating group) is 1. The Morgan fingerprint density at radius 3 is 2.74 bits per heavy atom. The molecule has 2 aromatic heterocycles. The van der Waals surface area contributed by atoms with E-state index in [9.17, 15) is 0 Å². The molecule has 0 spiro atoms.